The van der Waals surface area contributed by atoms with Gasteiger partial charge in [-0.25, -0.2) is 4.79 Å². The zero-order chi connectivity index (χ0) is 19.7. The van der Waals surface area contributed by atoms with Gasteiger partial charge in [-0.15, -0.1) is 0 Å². The summed E-state index contributed by atoms with van der Waals surface area (Å²) in [6.45, 7) is 5.77. The molecule has 0 bridgehead atoms. The second-order valence-corrected chi connectivity index (χ2v) is 6.99. The molecule has 0 atom stereocenters. The maximum absolute atomic E-state index is 12.2. The van der Waals surface area contributed by atoms with Crippen LogP contribution >= 0.6 is 0 Å². The summed E-state index contributed by atoms with van der Waals surface area (Å²) in [5.74, 6) is 1.12. The first-order valence-corrected chi connectivity index (χ1v) is 8.92. The average molecular weight is 370 g/mol. The zero-order valence-electron chi connectivity index (χ0n) is 16.0. The van der Waals surface area contributed by atoms with E-state index in [2.05, 4.69) is 10.6 Å². The van der Waals surface area contributed by atoms with E-state index >= 15 is 0 Å². The van der Waals surface area contributed by atoms with Crippen molar-refractivity contribution < 1.29 is 19.1 Å². The molecule has 6 heteroatoms. The molecule has 0 heterocycles. The van der Waals surface area contributed by atoms with Gasteiger partial charge in [-0.2, -0.15) is 0 Å². The number of para-hydroxylation sites is 3. The summed E-state index contributed by atoms with van der Waals surface area (Å²) >= 11 is 0. The van der Waals surface area contributed by atoms with Crippen LogP contribution < -0.4 is 15.4 Å². The van der Waals surface area contributed by atoms with Crippen molar-refractivity contribution in [3.63, 3.8) is 0 Å². The minimum Gasteiger partial charge on any atom is -0.455 e. The summed E-state index contributed by atoms with van der Waals surface area (Å²) in [4.78, 5) is 23.7. The summed E-state index contributed by atoms with van der Waals surface area (Å²) in [5, 5.41) is 5.49. The van der Waals surface area contributed by atoms with Gasteiger partial charge in [0.15, 0.2) is 5.75 Å². The molecule has 0 fully saturated rings. The highest BCUT2D eigenvalue weighted by molar-refractivity contribution is 5.92. The van der Waals surface area contributed by atoms with Crippen molar-refractivity contribution in [2.24, 2.45) is 0 Å². The van der Waals surface area contributed by atoms with Crippen LogP contribution in [-0.2, 0) is 9.53 Å². The number of carbonyl (C=O) groups is 2. The molecule has 2 rings (SSSR count). The van der Waals surface area contributed by atoms with Crippen LogP contribution in [0, 0.1) is 0 Å². The standard InChI is InChI=1S/C21H26N2O4/c1-21(2,3)27-20(25)22-15-9-14-19(24)23-17-12-7-8-13-18(17)26-16-10-5-4-6-11-16/h4-8,10-13H,9,14-15H2,1-3H3,(H,22,25)(H,23,24). The Morgan fingerprint density at radius 3 is 2.33 bits per heavy atom. The topological polar surface area (TPSA) is 76.7 Å². The lowest BCUT2D eigenvalue weighted by molar-refractivity contribution is -0.116. The molecule has 0 aromatic heterocycles. The van der Waals surface area contributed by atoms with E-state index in [1.807, 2.05) is 42.5 Å². The Kier molecular flexibility index (Phi) is 7.23. The summed E-state index contributed by atoms with van der Waals surface area (Å²) in [6, 6.07) is 16.6. The molecule has 0 aliphatic heterocycles. The van der Waals surface area contributed by atoms with Crippen LogP contribution in [0.5, 0.6) is 11.5 Å². The van der Waals surface area contributed by atoms with Crippen molar-refractivity contribution in [1.29, 1.82) is 0 Å². The molecule has 0 spiro atoms. The minimum atomic E-state index is -0.538. The van der Waals surface area contributed by atoms with Gasteiger partial charge in [0.1, 0.15) is 11.4 Å². The predicted molar refractivity (Wildman–Crippen MR) is 105 cm³/mol. The molecule has 2 aromatic rings. The lowest BCUT2D eigenvalue weighted by Gasteiger charge is -2.19. The van der Waals surface area contributed by atoms with Gasteiger partial charge in [0.25, 0.3) is 0 Å². The molecule has 2 amide bonds. The van der Waals surface area contributed by atoms with Crippen molar-refractivity contribution in [2.75, 3.05) is 11.9 Å². The number of carbonyl (C=O) groups excluding carboxylic acids is 2. The molecular weight excluding hydrogens is 344 g/mol. The van der Waals surface area contributed by atoms with E-state index in [1.165, 1.54) is 0 Å². The van der Waals surface area contributed by atoms with Gasteiger partial charge in [0, 0.05) is 13.0 Å². The summed E-state index contributed by atoms with van der Waals surface area (Å²) in [5.41, 5.74) is 0.0654. The predicted octanol–water partition coefficient (Wildman–Crippen LogP) is 4.72. The van der Waals surface area contributed by atoms with E-state index in [-0.39, 0.29) is 12.3 Å². The number of hydrogen-bond acceptors (Lipinski definition) is 4. The van der Waals surface area contributed by atoms with E-state index in [4.69, 9.17) is 9.47 Å². The van der Waals surface area contributed by atoms with Crippen LogP contribution in [0.3, 0.4) is 0 Å². The second-order valence-electron chi connectivity index (χ2n) is 6.99. The first kappa shape index (κ1) is 20.3. The van der Waals surface area contributed by atoms with Crippen molar-refractivity contribution in [3.05, 3.63) is 54.6 Å². The van der Waals surface area contributed by atoms with E-state index in [0.29, 0.717) is 30.2 Å². The second kappa shape index (κ2) is 9.62. The van der Waals surface area contributed by atoms with Crippen LogP contribution in [-0.4, -0.2) is 24.1 Å². The maximum Gasteiger partial charge on any atom is 0.407 e. The third-order valence-corrected chi connectivity index (χ3v) is 3.38. The molecular formula is C21H26N2O4. The first-order chi connectivity index (χ1) is 12.8. The Hall–Kier alpha value is -3.02. The van der Waals surface area contributed by atoms with Crippen LogP contribution in [0.25, 0.3) is 0 Å². The van der Waals surface area contributed by atoms with E-state index in [9.17, 15) is 9.59 Å². The van der Waals surface area contributed by atoms with Gasteiger partial charge in [-0.1, -0.05) is 30.3 Å². The van der Waals surface area contributed by atoms with Gasteiger partial charge in [-0.05, 0) is 51.5 Å². The molecule has 6 nitrogen and oxygen atoms in total. The Bertz CT molecular complexity index is 754. The smallest absolute Gasteiger partial charge is 0.407 e. The largest absolute Gasteiger partial charge is 0.455 e. The maximum atomic E-state index is 12.2. The summed E-state index contributed by atoms with van der Waals surface area (Å²) in [7, 11) is 0. The van der Waals surface area contributed by atoms with Gasteiger partial charge in [0.2, 0.25) is 5.91 Å². The highest BCUT2D eigenvalue weighted by atomic mass is 16.6. The normalized spacial score (nSPS) is 10.8. The fourth-order valence-electron chi connectivity index (χ4n) is 2.24. The number of hydrogen-bond donors (Lipinski definition) is 2. The molecule has 0 unspecified atom stereocenters. The quantitative estimate of drug-likeness (QED) is 0.691. The lowest BCUT2D eigenvalue weighted by Crippen LogP contribution is -2.33. The number of amides is 2. The van der Waals surface area contributed by atoms with Gasteiger partial charge in [0.05, 0.1) is 5.69 Å². The van der Waals surface area contributed by atoms with Gasteiger partial charge in [-0.3, -0.25) is 4.79 Å². The number of benzene rings is 2. The highest BCUT2D eigenvalue weighted by Gasteiger charge is 2.15. The molecule has 0 saturated heterocycles. The van der Waals surface area contributed by atoms with E-state index < -0.39 is 11.7 Å². The van der Waals surface area contributed by atoms with Crippen molar-refractivity contribution in [1.82, 2.24) is 5.32 Å². The van der Waals surface area contributed by atoms with Crippen molar-refractivity contribution >= 4 is 17.7 Å². The van der Waals surface area contributed by atoms with Crippen LogP contribution in [0.1, 0.15) is 33.6 Å². The Morgan fingerprint density at radius 2 is 1.63 bits per heavy atom. The lowest BCUT2D eigenvalue weighted by atomic mass is 10.2. The molecule has 0 saturated carbocycles. The molecule has 0 aliphatic carbocycles. The monoisotopic (exact) mass is 370 g/mol. The molecule has 0 aliphatic rings. The van der Waals surface area contributed by atoms with E-state index in [1.54, 1.807) is 32.9 Å². The van der Waals surface area contributed by atoms with Crippen molar-refractivity contribution in [2.45, 2.75) is 39.2 Å². The fourth-order valence-corrected chi connectivity index (χ4v) is 2.24. The minimum absolute atomic E-state index is 0.148. The third kappa shape index (κ3) is 7.81. The molecule has 2 N–H and O–H groups in total. The van der Waals surface area contributed by atoms with E-state index in [0.717, 1.165) is 0 Å². The molecule has 144 valence electrons. The molecule has 27 heavy (non-hydrogen) atoms. The number of nitrogens with one attached hydrogen (secondary N) is 2. The molecule has 0 radical (unpaired) electrons. The van der Waals surface area contributed by atoms with Crippen LogP contribution in [0.15, 0.2) is 54.6 Å². The van der Waals surface area contributed by atoms with Crippen LogP contribution in [0.2, 0.25) is 0 Å². The zero-order valence-corrected chi connectivity index (χ0v) is 16.0. The molecule has 2 aromatic carbocycles. The number of ether oxygens (including phenoxy) is 2. The van der Waals surface area contributed by atoms with Gasteiger partial charge < -0.3 is 20.1 Å². The Balaban J connectivity index is 1.80. The van der Waals surface area contributed by atoms with Crippen molar-refractivity contribution in [3.8, 4) is 11.5 Å². The summed E-state index contributed by atoms with van der Waals surface area (Å²) in [6.07, 6.45) is 0.298. The number of rotatable bonds is 7. The number of anilines is 1. The SMILES string of the molecule is CC(C)(C)OC(=O)NCCCC(=O)Nc1ccccc1Oc1ccccc1. The van der Waals surface area contributed by atoms with Gasteiger partial charge >= 0.3 is 6.09 Å². The number of alkyl carbamates (subject to hydrolysis) is 1. The Labute approximate surface area is 159 Å². The first-order valence-electron chi connectivity index (χ1n) is 8.92. The Morgan fingerprint density at radius 1 is 0.963 bits per heavy atom. The van der Waals surface area contributed by atoms with Crippen LogP contribution in [0.4, 0.5) is 10.5 Å². The highest BCUT2D eigenvalue weighted by Crippen LogP contribution is 2.29. The average Bonchev–Trinajstić information content (AvgIpc) is 2.60. The third-order valence-electron chi connectivity index (χ3n) is 3.38. The fraction of sp³-hybridized carbons (Fsp3) is 0.333. The summed E-state index contributed by atoms with van der Waals surface area (Å²) < 4.78 is 11.0.